The lowest BCUT2D eigenvalue weighted by Gasteiger charge is -2.35. The normalized spacial score (nSPS) is 21.3. The molecule has 0 bridgehead atoms. The molecular weight excluding hydrogens is 322 g/mol. The van der Waals surface area contributed by atoms with Crippen LogP contribution in [-0.4, -0.2) is 37.4 Å². The Kier molecular flexibility index (Phi) is 3.71. The van der Waals surface area contributed by atoms with Crippen LogP contribution in [0.5, 0.6) is 11.5 Å². The van der Waals surface area contributed by atoms with E-state index in [4.69, 9.17) is 0 Å². The van der Waals surface area contributed by atoms with Gasteiger partial charge in [-0.25, -0.2) is 0 Å². The summed E-state index contributed by atoms with van der Waals surface area (Å²) >= 11 is 1.63. The first kappa shape index (κ1) is 14.9. The van der Waals surface area contributed by atoms with E-state index in [0.29, 0.717) is 0 Å². The van der Waals surface area contributed by atoms with Gasteiger partial charge in [-0.15, -0.1) is 8.78 Å². The van der Waals surface area contributed by atoms with Crippen molar-refractivity contribution in [3.8, 4) is 11.5 Å². The van der Waals surface area contributed by atoms with E-state index in [0.717, 1.165) is 31.7 Å². The quantitative estimate of drug-likeness (QED) is 0.933. The number of benzene rings is 1. The van der Waals surface area contributed by atoms with Gasteiger partial charge in [-0.1, -0.05) is 6.07 Å². The standard InChI is InChI=1S/C16H16F2N2O2S/c17-16(18)21-13-2-1-11(9-14(13)22-16)15(12-3-8-23-10-12)20-6-4-19-5-7-20/h1-3,8-10,15,19H,4-7H2/t15-/m0/s1. The molecule has 4 nitrogen and oxygen atoms in total. The van der Waals surface area contributed by atoms with Crippen molar-refractivity contribution in [3.05, 3.63) is 46.2 Å². The monoisotopic (exact) mass is 338 g/mol. The third-order valence-corrected chi connectivity index (χ3v) is 4.82. The van der Waals surface area contributed by atoms with E-state index in [-0.39, 0.29) is 17.5 Å². The number of thiophene rings is 1. The van der Waals surface area contributed by atoms with Gasteiger partial charge in [-0.05, 0) is 40.1 Å². The predicted octanol–water partition coefficient (Wildman–Crippen LogP) is 3.06. The molecule has 4 rings (SSSR count). The van der Waals surface area contributed by atoms with Gasteiger partial charge in [0.2, 0.25) is 0 Å². The Morgan fingerprint density at radius 2 is 1.87 bits per heavy atom. The summed E-state index contributed by atoms with van der Waals surface area (Å²) in [7, 11) is 0. The summed E-state index contributed by atoms with van der Waals surface area (Å²) in [6.07, 6.45) is -3.58. The predicted molar refractivity (Wildman–Crippen MR) is 83.2 cm³/mol. The highest BCUT2D eigenvalue weighted by molar-refractivity contribution is 7.08. The lowest BCUT2D eigenvalue weighted by Crippen LogP contribution is -2.45. The van der Waals surface area contributed by atoms with Crippen molar-refractivity contribution in [1.82, 2.24) is 10.2 Å². The van der Waals surface area contributed by atoms with Crippen LogP contribution in [0.2, 0.25) is 0 Å². The van der Waals surface area contributed by atoms with Crippen molar-refractivity contribution in [1.29, 1.82) is 0 Å². The number of hydrogen-bond acceptors (Lipinski definition) is 5. The summed E-state index contributed by atoms with van der Waals surface area (Å²) in [4.78, 5) is 2.36. The van der Waals surface area contributed by atoms with Gasteiger partial charge < -0.3 is 14.8 Å². The second-order valence-electron chi connectivity index (χ2n) is 5.62. The highest BCUT2D eigenvalue weighted by Crippen LogP contribution is 2.43. The minimum absolute atomic E-state index is 0.0338. The van der Waals surface area contributed by atoms with E-state index in [9.17, 15) is 8.78 Å². The molecule has 1 aromatic carbocycles. The maximum Gasteiger partial charge on any atom is 0.586 e. The molecule has 1 atom stereocenters. The zero-order valence-electron chi connectivity index (χ0n) is 12.3. The average Bonchev–Trinajstić information content (AvgIpc) is 3.14. The lowest BCUT2D eigenvalue weighted by molar-refractivity contribution is -0.286. The van der Waals surface area contributed by atoms with Gasteiger partial charge in [0.1, 0.15) is 0 Å². The van der Waals surface area contributed by atoms with Crippen LogP contribution in [0.1, 0.15) is 17.2 Å². The van der Waals surface area contributed by atoms with Gasteiger partial charge >= 0.3 is 6.29 Å². The molecule has 2 aliphatic heterocycles. The summed E-state index contributed by atoms with van der Waals surface area (Å²) in [6.45, 7) is 3.66. The van der Waals surface area contributed by atoms with E-state index in [1.54, 1.807) is 23.5 Å². The Hall–Kier alpha value is -1.70. The number of alkyl halides is 2. The van der Waals surface area contributed by atoms with Crippen LogP contribution in [0.25, 0.3) is 0 Å². The molecule has 0 aliphatic carbocycles. The fraction of sp³-hybridized carbons (Fsp3) is 0.375. The molecular formula is C16H16F2N2O2S. The zero-order valence-corrected chi connectivity index (χ0v) is 13.1. The molecule has 0 amide bonds. The Bertz CT molecular complexity index is 687. The minimum Gasteiger partial charge on any atom is -0.395 e. The third-order valence-electron chi connectivity index (χ3n) is 4.12. The summed E-state index contributed by atoms with van der Waals surface area (Å²) in [6, 6.07) is 7.18. The first-order valence-corrected chi connectivity index (χ1v) is 8.43. The Morgan fingerprint density at radius 1 is 1.09 bits per heavy atom. The highest BCUT2D eigenvalue weighted by atomic mass is 32.1. The molecule has 3 heterocycles. The Morgan fingerprint density at radius 3 is 2.61 bits per heavy atom. The number of nitrogens with zero attached hydrogens (tertiary/aromatic N) is 1. The number of piperazine rings is 1. The van der Waals surface area contributed by atoms with Crippen molar-refractivity contribution in [2.75, 3.05) is 26.2 Å². The summed E-state index contributed by atoms with van der Waals surface area (Å²) in [5.41, 5.74) is 2.10. The van der Waals surface area contributed by atoms with E-state index in [1.807, 2.05) is 11.4 Å². The van der Waals surface area contributed by atoms with Crippen molar-refractivity contribution >= 4 is 11.3 Å². The maximum absolute atomic E-state index is 13.2. The molecule has 1 saturated heterocycles. The molecule has 0 radical (unpaired) electrons. The lowest BCUT2D eigenvalue weighted by atomic mass is 9.98. The number of fused-ring (bicyclic) bond motifs is 1. The minimum atomic E-state index is -3.58. The molecule has 1 N–H and O–H groups in total. The van der Waals surface area contributed by atoms with E-state index < -0.39 is 6.29 Å². The summed E-state index contributed by atoms with van der Waals surface area (Å²) in [5.74, 6) is 0.186. The van der Waals surface area contributed by atoms with Crippen LogP contribution in [0.3, 0.4) is 0 Å². The van der Waals surface area contributed by atoms with Gasteiger partial charge in [0.25, 0.3) is 0 Å². The van der Waals surface area contributed by atoms with E-state index in [2.05, 4.69) is 31.1 Å². The summed E-state index contributed by atoms with van der Waals surface area (Å²) < 4.78 is 35.6. The number of nitrogens with one attached hydrogen (secondary N) is 1. The van der Waals surface area contributed by atoms with Crippen LogP contribution in [0.15, 0.2) is 35.0 Å². The van der Waals surface area contributed by atoms with Crippen molar-refractivity contribution in [3.63, 3.8) is 0 Å². The van der Waals surface area contributed by atoms with Crippen LogP contribution in [0, 0.1) is 0 Å². The molecule has 0 unspecified atom stereocenters. The van der Waals surface area contributed by atoms with Gasteiger partial charge in [-0.2, -0.15) is 11.3 Å². The zero-order chi connectivity index (χ0) is 15.9. The topological polar surface area (TPSA) is 33.7 Å². The number of halogens is 2. The SMILES string of the molecule is FC1(F)Oc2ccc([C@@H](c3ccsc3)N3CCNCC3)cc2O1. The van der Waals surface area contributed by atoms with Gasteiger partial charge in [-0.3, -0.25) is 4.90 Å². The summed E-state index contributed by atoms with van der Waals surface area (Å²) in [5, 5.41) is 7.47. The highest BCUT2D eigenvalue weighted by Gasteiger charge is 2.43. The maximum atomic E-state index is 13.2. The van der Waals surface area contributed by atoms with E-state index in [1.165, 1.54) is 5.56 Å². The second-order valence-corrected chi connectivity index (χ2v) is 6.40. The van der Waals surface area contributed by atoms with E-state index >= 15 is 0 Å². The van der Waals surface area contributed by atoms with Crippen molar-refractivity contribution in [2.24, 2.45) is 0 Å². The van der Waals surface area contributed by atoms with Gasteiger partial charge in [0, 0.05) is 26.2 Å². The largest absolute Gasteiger partial charge is 0.586 e. The second kappa shape index (κ2) is 5.74. The molecule has 23 heavy (non-hydrogen) atoms. The average molecular weight is 338 g/mol. The molecule has 1 aromatic heterocycles. The number of hydrogen-bond donors (Lipinski definition) is 1. The van der Waals surface area contributed by atoms with Crippen LogP contribution in [0.4, 0.5) is 8.78 Å². The first-order chi connectivity index (χ1) is 11.1. The molecule has 1 fully saturated rings. The van der Waals surface area contributed by atoms with Gasteiger partial charge in [0.05, 0.1) is 6.04 Å². The van der Waals surface area contributed by atoms with Crippen molar-refractivity contribution < 1.29 is 18.3 Å². The Labute approximate surface area is 136 Å². The molecule has 0 saturated carbocycles. The van der Waals surface area contributed by atoms with Crippen LogP contribution >= 0.6 is 11.3 Å². The molecule has 7 heteroatoms. The molecule has 2 aliphatic rings. The third kappa shape index (κ3) is 2.91. The van der Waals surface area contributed by atoms with Gasteiger partial charge in [0.15, 0.2) is 11.5 Å². The fourth-order valence-corrected chi connectivity index (χ4v) is 3.80. The number of ether oxygens (including phenoxy) is 2. The van der Waals surface area contributed by atoms with Crippen molar-refractivity contribution in [2.45, 2.75) is 12.3 Å². The molecule has 122 valence electrons. The number of rotatable bonds is 3. The van der Waals surface area contributed by atoms with Crippen LogP contribution in [-0.2, 0) is 0 Å². The fourth-order valence-electron chi connectivity index (χ4n) is 3.12. The first-order valence-electron chi connectivity index (χ1n) is 7.49. The molecule has 2 aromatic rings. The van der Waals surface area contributed by atoms with Crippen LogP contribution < -0.4 is 14.8 Å². The smallest absolute Gasteiger partial charge is 0.395 e. The molecule has 0 spiro atoms. The Balaban J connectivity index is 1.70.